The van der Waals surface area contributed by atoms with E-state index in [0.29, 0.717) is 30.3 Å². The summed E-state index contributed by atoms with van der Waals surface area (Å²) in [6, 6.07) is 6.13. The number of halogens is 3. The van der Waals surface area contributed by atoms with Crippen LogP contribution in [-0.4, -0.2) is 29.4 Å². The summed E-state index contributed by atoms with van der Waals surface area (Å²) in [6.07, 6.45) is 1.37. The molecule has 134 valence electrons. The van der Waals surface area contributed by atoms with Gasteiger partial charge in [0.2, 0.25) is 0 Å². The van der Waals surface area contributed by atoms with E-state index >= 15 is 0 Å². The molecule has 26 heavy (non-hydrogen) atoms. The Morgan fingerprint density at radius 2 is 1.88 bits per heavy atom. The molecule has 1 N–H and O–H groups in total. The van der Waals surface area contributed by atoms with Crippen molar-refractivity contribution in [3.05, 3.63) is 60.1 Å². The minimum atomic E-state index is -4.39. The zero-order valence-corrected chi connectivity index (χ0v) is 13.8. The van der Waals surface area contributed by atoms with Gasteiger partial charge in [-0.05, 0) is 23.2 Å². The summed E-state index contributed by atoms with van der Waals surface area (Å²) in [5, 5.41) is 7.23. The Kier molecular flexibility index (Phi) is 3.74. The molecule has 4 rings (SSSR count). The SMILES string of the molecule is Cn1nc(-n2cccc2)nc1CCc1nc2ccc(C(F)(F)F)c[n+]2[nH]1. The number of fused-ring (bicyclic) bond motifs is 1. The number of rotatable bonds is 4. The lowest BCUT2D eigenvalue weighted by Crippen LogP contribution is -2.25. The first kappa shape index (κ1) is 16.3. The van der Waals surface area contributed by atoms with Crippen LogP contribution < -0.4 is 4.52 Å². The summed E-state index contributed by atoms with van der Waals surface area (Å²) in [4.78, 5) is 8.80. The first-order valence-corrected chi connectivity index (χ1v) is 7.91. The van der Waals surface area contributed by atoms with Crippen LogP contribution >= 0.6 is 0 Å². The minimum Gasteiger partial charge on any atom is -0.292 e. The van der Waals surface area contributed by atoms with Gasteiger partial charge in [-0.15, -0.1) is 9.61 Å². The molecule has 0 spiro atoms. The van der Waals surface area contributed by atoms with E-state index in [2.05, 4.69) is 20.2 Å². The van der Waals surface area contributed by atoms with Crippen LogP contribution in [-0.2, 0) is 26.1 Å². The minimum absolute atomic E-state index is 0.430. The number of pyridine rings is 1. The average Bonchev–Trinajstić information content (AvgIpc) is 3.30. The monoisotopic (exact) mass is 362 g/mol. The van der Waals surface area contributed by atoms with Crippen LogP contribution in [0.25, 0.3) is 11.6 Å². The number of hydrogen-bond acceptors (Lipinski definition) is 3. The van der Waals surface area contributed by atoms with Gasteiger partial charge in [-0.1, -0.05) is 0 Å². The highest BCUT2D eigenvalue weighted by molar-refractivity contribution is 5.30. The van der Waals surface area contributed by atoms with Crippen molar-refractivity contribution in [1.82, 2.24) is 29.4 Å². The fourth-order valence-corrected chi connectivity index (χ4v) is 2.68. The first-order chi connectivity index (χ1) is 12.4. The lowest BCUT2D eigenvalue weighted by molar-refractivity contribution is -0.579. The van der Waals surface area contributed by atoms with Gasteiger partial charge in [0.1, 0.15) is 12.0 Å². The fourth-order valence-electron chi connectivity index (χ4n) is 2.68. The maximum absolute atomic E-state index is 12.8. The molecule has 0 bridgehead atoms. The summed E-state index contributed by atoms with van der Waals surface area (Å²) >= 11 is 0. The predicted molar refractivity (Wildman–Crippen MR) is 84.5 cm³/mol. The van der Waals surface area contributed by atoms with E-state index in [1.807, 2.05) is 24.5 Å². The van der Waals surface area contributed by atoms with Gasteiger partial charge in [0.25, 0.3) is 11.8 Å². The summed E-state index contributed by atoms with van der Waals surface area (Å²) < 4.78 is 43.1. The topological polar surface area (TPSA) is 68.4 Å². The number of hydrogen-bond donors (Lipinski definition) is 1. The van der Waals surface area contributed by atoms with E-state index in [4.69, 9.17) is 0 Å². The molecular weight excluding hydrogens is 347 g/mol. The maximum Gasteiger partial charge on any atom is 0.419 e. The smallest absolute Gasteiger partial charge is 0.292 e. The number of nitrogens with one attached hydrogen (secondary N) is 1. The molecule has 7 nitrogen and oxygen atoms in total. The molecule has 0 aliphatic carbocycles. The molecule has 4 aromatic heterocycles. The summed E-state index contributed by atoms with van der Waals surface area (Å²) in [5.41, 5.74) is -0.297. The van der Waals surface area contributed by atoms with Crippen LogP contribution in [0.4, 0.5) is 13.2 Å². The molecule has 0 atom stereocenters. The second-order valence-electron chi connectivity index (χ2n) is 5.86. The molecule has 4 aromatic rings. The summed E-state index contributed by atoms with van der Waals surface area (Å²) in [6.45, 7) is 0. The Hall–Kier alpha value is -3.17. The number of aromatic amines is 1. The Bertz CT molecular complexity index is 1040. The molecule has 0 aliphatic heterocycles. The van der Waals surface area contributed by atoms with Crippen LogP contribution in [0.5, 0.6) is 0 Å². The number of aryl methyl sites for hydroxylation is 3. The molecule has 0 unspecified atom stereocenters. The van der Waals surface area contributed by atoms with E-state index in [9.17, 15) is 13.2 Å². The van der Waals surface area contributed by atoms with Gasteiger partial charge in [0.05, 0.1) is 5.56 Å². The Morgan fingerprint density at radius 1 is 1.12 bits per heavy atom. The van der Waals surface area contributed by atoms with Crippen LogP contribution in [0.2, 0.25) is 0 Å². The van der Waals surface area contributed by atoms with Crippen molar-refractivity contribution in [2.75, 3.05) is 0 Å². The third-order valence-corrected chi connectivity index (χ3v) is 4.02. The molecule has 10 heteroatoms. The Morgan fingerprint density at radius 3 is 2.62 bits per heavy atom. The molecular formula is C16H15F3N7+. The van der Waals surface area contributed by atoms with Crippen molar-refractivity contribution in [3.8, 4) is 5.95 Å². The van der Waals surface area contributed by atoms with Crippen LogP contribution in [0.15, 0.2) is 42.9 Å². The highest BCUT2D eigenvalue weighted by atomic mass is 19.4. The number of alkyl halides is 3. The number of aromatic nitrogens is 7. The largest absolute Gasteiger partial charge is 0.419 e. The van der Waals surface area contributed by atoms with Gasteiger partial charge < -0.3 is 0 Å². The fraction of sp³-hybridized carbons (Fsp3) is 0.250. The average molecular weight is 362 g/mol. The van der Waals surface area contributed by atoms with Crippen molar-refractivity contribution < 1.29 is 17.7 Å². The second-order valence-corrected chi connectivity index (χ2v) is 5.86. The van der Waals surface area contributed by atoms with Gasteiger partial charge >= 0.3 is 11.8 Å². The van der Waals surface area contributed by atoms with Crippen LogP contribution in [0.3, 0.4) is 0 Å². The van der Waals surface area contributed by atoms with E-state index in [0.717, 1.165) is 18.1 Å². The maximum atomic E-state index is 12.8. The molecule has 0 aliphatic rings. The predicted octanol–water partition coefficient (Wildman–Crippen LogP) is 1.87. The molecule has 0 fully saturated rings. The number of H-pyrrole nitrogens is 1. The molecule has 0 amide bonds. The van der Waals surface area contributed by atoms with Gasteiger partial charge in [0.15, 0.2) is 0 Å². The van der Waals surface area contributed by atoms with Gasteiger partial charge in [-0.2, -0.15) is 23.3 Å². The van der Waals surface area contributed by atoms with Crippen molar-refractivity contribution in [1.29, 1.82) is 0 Å². The van der Waals surface area contributed by atoms with Crippen molar-refractivity contribution in [2.24, 2.45) is 7.05 Å². The van der Waals surface area contributed by atoms with E-state index in [1.165, 1.54) is 10.6 Å². The molecule has 4 heterocycles. The molecule has 0 saturated heterocycles. The van der Waals surface area contributed by atoms with E-state index in [1.54, 1.807) is 16.3 Å². The van der Waals surface area contributed by atoms with Gasteiger partial charge in [-0.3, -0.25) is 9.25 Å². The third kappa shape index (κ3) is 3.05. The number of nitrogens with zero attached hydrogens (tertiary/aromatic N) is 6. The lowest BCUT2D eigenvalue weighted by Gasteiger charge is -2.02. The standard InChI is InChI=1S/C16H14F3N7/c1-24-13(21-15(23-24)25-8-2-3-9-25)7-5-12-20-14-6-4-11(16(17,18)19)10-26(14)22-12/h2-4,6,8-10H,5,7H2,1H3/p+1. The Balaban J connectivity index is 1.53. The lowest BCUT2D eigenvalue weighted by atomic mass is 10.3. The molecule has 0 aromatic carbocycles. The highest BCUT2D eigenvalue weighted by Crippen LogP contribution is 2.27. The van der Waals surface area contributed by atoms with E-state index in [-0.39, 0.29) is 0 Å². The Labute approximate surface area is 145 Å². The van der Waals surface area contributed by atoms with Gasteiger partial charge in [0, 0.05) is 38.3 Å². The third-order valence-electron chi connectivity index (χ3n) is 4.02. The first-order valence-electron chi connectivity index (χ1n) is 7.91. The zero-order valence-electron chi connectivity index (χ0n) is 13.8. The molecule has 0 radical (unpaired) electrons. The zero-order chi connectivity index (χ0) is 18.3. The van der Waals surface area contributed by atoms with Crippen molar-refractivity contribution in [2.45, 2.75) is 19.0 Å². The van der Waals surface area contributed by atoms with Gasteiger partial charge in [-0.25, -0.2) is 0 Å². The van der Waals surface area contributed by atoms with Crippen molar-refractivity contribution in [3.63, 3.8) is 0 Å². The van der Waals surface area contributed by atoms with E-state index < -0.39 is 11.7 Å². The normalized spacial score (nSPS) is 12.2. The quantitative estimate of drug-likeness (QED) is 0.564. The second kappa shape index (κ2) is 5.97. The highest BCUT2D eigenvalue weighted by Gasteiger charge is 2.32. The van der Waals surface area contributed by atoms with Crippen LogP contribution in [0, 0.1) is 0 Å². The summed E-state index contributed by atoms with van der Waals surface area (Å²) in [7, 11) is 1.80. The van der Waals surface area contributed by atoms with Crippen LogP contribution in [0.1, 0.15) is 17.2 Å². The summed E-state index contributed by atoms with van der Waals surface area (Å²) in [5.74, 6) is 1.91. The van der Waals surface area contributed by atoms with Crippen molar-refractivity contribution >= 4 is 5.65 Å². The molecule has 0 saturated carbocycles.